The van der Waals surface area contributed by atoms with Gasteiger partial charge in [-0.1, -0.05) is 6.92 Å². The van der Waals surface area contributed by atoms with E-state index >= 15 is 0 Å². The molecule has 1 aromatic heterocycles. The lowest BCUT2D eigenvalue weighted by atomic mass is 9.91. The van der Waals surface area contributed by atoms with E-state index in [1.807, 2.05) is 19.9 Å². The summed E-state index contributed by atoms with van der Waals surface area (Å²) in [5.74, 6) is -0.0181. The maximum Gasteiger partial charge on any atom is 0.253 e. The Bertz CT molecular complexity index is 481. The first-order valence-electron chi connectivity index (χ1n) is 7.95. The molecule has 0 radical (unpaired) electrons. The second-order valence-corrected chi connectivity index (χ2v) is 5.96. The molecule has 1 aliphatic carbocycles. The highest BCUT2D eigenvalue weighted by atomic mass is 16.1. The fraction of sp³-hybridized carbons (Fsp3) is 0.688. The Morgan fingerprint density at radius 1 is 1.19 bits per heavy atom. The number of carbonyl (C=O) groups is 1. The van der Waals surface area contributed by atoms with E-state index in [0.29, 0.717) is 17.3 Å². The summed E-state index contributed by atoms with van der Waals surface area (Å²) >= 11 is 0. The second kappa shape index (κ2) is 7.50. The number of aromatic nitrogens is 2. The van der Waals surface area contributed by atoms with Crippen molar-refractivity contribution in [1.82, 2.24) is 20.8 Å². The zero-order valence-corrected chi connectivity index (χ0v) is 13.3. The number of hydrogen-bond acceptors (Lipinski definition) is 4. The van der Waals surface area contributed by atoms with Crippen molar-refractivity contribution in [1.29, 1.82) is 0 Å². The van der Waals surface area contributed by atoms with Crippen molar-refractivity contribution in [3.8, 4) is 0 Å². The van der Waals surface area contributed by atoms with E-state index in [2.05, 4.69) is 27.8 Å². The van der Waals surface area contributed by atoms with Gasteiger partial charge in [0.25, 0.3) is 5.91 Å². The van der Waals surface area contributed by atoms with Crippen molar-refractivity contribution in [2.75, 3.05) is 6.54 Å². The van der Waals surface area contributed by atoms with Crippen LogP contribution in [0.5, 0.6) is 0 Å². The third-order valence-corrected chi connectivity index (χ3v) is 4.09. The van der Waals surface area contributed by atoms with Gasteiger partial charge in [0.05, 0.1) is 17.0 Å². The van der Waals surface area contributed by atoms with Gasteiger partial charge in [-0.15, -0.1) is 0 Å². The van der Waals surface area contributed by atoms with E-state index in [1.165, 1.54) is 6.42 Å². The van der Waals surface area contributed by atoms with Gasteiger partial charge < -0.3 is 10.6 Å². The predicted molar refractivity (Wildman–Crippen MR) is 83.3 cm³/mol. The van der Waals surface area contributed by atoms with Crippen LogP contribution in [0, 0.1) is 13.8 Å². The topological polar surface area (TPSA) is 66.9 Å². The number of carbonyl (C=O) groups excluding carboxylic acids is 1. The van der Waals surface area contributed by atoms with Crippen LogP contribution in [0.2, 0.25) is 0 Å². The van der Waals surface area contributed by atoms with Gasteiger partial charge in [0.15, 0.2) is 0 Å². The van der Waals surface area contributed by atoms with Gasteiger partial charge in [-0.2, -0.15) is 10.2 Å². The minimum atomic E-state index is -0.0181. The van der Waals surface area contributed by atoms with Gasteiger partial charge in [-0.25, -0.2) is 0 Å². The van der Waals surface area contributed by atoms with Crippen LogP contribution >= 0.6 is 0 Å². The minimum Gasteiger partial charge on any atom is -0.349 e. The number of amides is 1. The fourth-order valence-corrected chi connectivity index (χ4v) is 2.83. The number of hydrogen-bond donors (Lipinski definition) is 2. The van der Waals surface area contributed by atoms with E-state index in [-0.39, 0.29) is 11.9 Å². The van der Waals surface area contributed by atoms with Gasteiger partial charge in [-0.05, 0) is 58.6 Å². The molecule has 0 spiro atoms. The molecule has 1 amide bonds. The molecule has 0 saturated heterocycles. The van der Waals surface area contributed by atoms with E-state index in [9.17, 15) is 4.79 Å². The predicted octanol–water partition coefficient (Wildman–Crippen LogP) is 2.13. The summed E-state index contributed by atoms with van der Waals surface area (Å²) in [6.07, 6.45) is 5.53. The first kappa shape index (κ1) is 15.9. The molecule has 0 unspecified atom stereocenters. The molecule has 0 atom stereocenters. The molecule has 0 aromatic carbocycles. The van der Waals surface area contributed by atoms with Gasteiger partial charge in [-0.3, -0.25) is 4.79 Å². The maximum absolute atomic E-state index is 12.3. The monoisotopic (exact) mass is 290 g/mol. The molecular formula is C16H26N4O. The zero-order chi connectivity index (χ0) is 15.2. The lowest BCUT2D eigenvalue weighted by Crippen LogP contribution is -2.42. The highest BCUT2D eigenvalue weighted by Gasteiger charge is 2.23. The number of aryl methyl sites for hydroxylation is 2. The van der Waals surface area contributed by atoms with Crippen LogP contribution in [0.25, 0.3) is 0 Å². The highest BCUT2D eigenvalue weighted by molar-refractivity contribution is 5.95. The molecule has 5 nitrogen and oxygen atoms in total. The van der Waals surface area contributed by atoms with E-state index in [1.54, 1.807) is 0 Å². The van der Waals surface area contributed by atoms with Crippen molar-refractivity contribution < 1.29 is 4.79 Å². The SMILES string of the molecule is CCCNC1CCC(NC(=O)c2cc(C)nnc2C)CC1. The number of rotatable bonds is 5. The summed E-state index contributed by atoms with van der Waals surface area (Å²) in [7, 11) is 0. The van der Waals surface area contributed by atoms with Crippen molar-refractivity contribution in [3.63, 3.8) is 0 Å². The zero-order valence-electron chi connectivity index (χ0n) is 13.3. The van der Waals surface area contributed by atoms with Crippen LogP contribution in [-0.2, 0) is 0 Å². The first-order chi connectivity index (χ1) is 10.1. The van der Waals surface area contributed by atoms with Crippen LogP contribution in [0.3, 0.4) is 0 Å². The van der Waals surface area contributed by atoms with Crippen LogP contribution in [0.15, 0.2) is 6.07 Å². The molecule has 0 aliphatic heterocycles. The molecule has 1 fully saturated rings. The molecule has 21 heavy (non-hydrogen) atoms. The standard InChI is InChI=1S/C16H26N4O/c1-4-9-17-13-5-7-14(8-6-13)18-16(21)15-10-11(2)19-20-12(15)3/h10,13-14,17H,4-9H2,1-3H3,(H,18,21). The third kappa shape index (κ3) is 4.49. The summed E-state index contributed by atoms with van der Waals surface area (Å²) < 4.78 is 0. The molecular weight excluding hydrogens is 264 g/mol. The summed E-state index contributed by atoms with van der Waals surface area (Å²) in [6, 6.07) is 2.71. The van der Waals surface area contributed by atoms with E-state index < -0.39 is 0 Å². The van der Waals surface area contributed by atoms with Crippen molar-refractivity contribution in [2.45, 2.75) is 65.0 Å². The maximum atomic E-state index is 12.3. The fourth-order valence-electron chi connectivity index (χ4n) is 2.83. The van der Waals surface area contributed by atoms with Gasteiger partial charge >= 0.3 is 0 Å². The largest absolute Gasteiger partial charge is 0.349 e. The lowest BCUT2D eigenvalue weighted by molar-refractivity contribution is 0.0923. The Hall–Kier alpha value is -1.49. The number of nitrogens with one attached hydrogen (secondary N) is 2. The molecule has 2 rings (SSSR count). The Labute approximate surface area is 126 Å². The normalized spacial score (nSPS) is 22.0. The Morgan fingerprint density at radius 3 is 2.52 bits per heavy atom. The average molecular weight is 290 g/mol. The molecule has 0 bridgehead atoms. The average Bonchev–Trinajstić information content (AvgIpc) is 2.49. The van der Waals surface area contributed by atoms with Crippen molar-refractivity contribution in [2.24, 2.45) is 0 Å². The smallest absolute Gasteiger partial charge is 0.253 e. The van der Waals surface area contributed by atoms with Crippen LogP contribution in [0.4, 0.5) is 0 Å². The molecule has 1 saturated carbocycles. The summed E-state index contributed by atoms with van der Waals surface area (Å²) in [5.41, 5.74) is 2.11. The molecule has 5 heteroatoms. The molecule has 2 N–H and O–H groups in total. The van der Waals surface area contributed by atoms with Gasteiger partial charge in [0.2, 0.25) is 0 Å². The summed E-state index contributed by atoms with van der Waals surface area (Å²) in [5, 5.41) is 14.7. The minimum absolute atomic E-state index is 0.0181. The molecule has 1 aromatic rings. The second-order valence-electron chi connectivity index (χ2n) is 5.96. The summed E-state index contributed by atoms with van der Waals surface area (Å²) in [4.78, 5) is 12.3. The van der Waals surface area contributed by atoms with Crippen molar-refractivity contribution >= 4 is 5.91 Å². The Balaban J connectivity index is 1.85. The lowest BCUT2D eigenvalue weighted by Gasteiger charge is -2.29. The van der Waals surface area contributed by atoms with Crippen molar-refractivity contribution in [3.05, 3.63) is 23.0 Å². The summed E-state index contributed by atoms with van der Waals surface area (Å²) in [6.45, 7) is 6.95. The van der Waals surface area contributed by atoms with Gasteiger partial charge in [0, 0.05) is 12.1 Å². The molecule has 1 heterocycles. The van der Waals surface area contributed by atoms with E-state index in [0.717, 1.165) is 37.9 Å². The Morgan fingerprint density at radius 2 is 1.86 bits per heavy atom. The van der Waals surface area contributed by atoms with Gasteiger partial charge in [0.1, 0.15) is 0 Å². The van der Waals surface area contributed by atoms with Crippen LogP contribution in [0.1, 0.15) is 60.8 Å². The number of nitrogens with zero attached hydrogens (tertiary/aromatic N) is 2. The first-order valence-corrected chi connectivity index (χ1v) is 7.95. The Kier molecular flexibility index (Phi) is 5.67. The van der Waals surface area contributed by atoms with Crippen LogP contribution < -0.4 is 10.6 Å². The third-order valence-electron chi connectivity index (χ3n) is 4.09. The quantitative estimate of drug-likeness (QED) is 0.872. The van der Waals surface area contributed by atoms with E-state index in [4.69, 9.17) is 0 Å². The van der Waals surface area contributed by atoms with Crippen LogP contribution in [-0.4, -0.2) is 34.7 Å². The highest BCUT2D eigenvalue weighted by Crippen LogP contribution is 2.19. The molecule has 116 valence electrons. The molecule has 1 aliphatic rings.